The lowest BCUT2D eigenvalue weighted by Gasteiger charge is -2.34. The highest BCUT2D eigenvalue weighted by molar-refractivity contribution is 5.44. The highest BCUT2D eigenvalue weighted by atomic mass is 16.3. The number of benzene rings is 1. The monoisotopic (exact) mass is 283 g/mol. The minimum absolute atomic E-state index is 0.324. The maximum atomic E-state index is 9.28. The Kier molecular flexibility index (Phi) is 4.36. The van der Waals surface area contributed by atoms with Crippen molar-refractivity contribution in [1.82, 2.24) is 10.3 Å². The highest BCUT2D eigenvalue weighted by Gasteiger charge is 2.18. The van der Waals surface area contributed by atoms with Crippen molar-refractivity contribution in [3.8, 4) is 5.75 Å². The molecule has 0 radical (unpaired) electrons. The van der Waals surface area contributed by atoms with Gasteiger partial charge in [-0.2, -0.15) is 0 Å². The summed E-state index contributed by atoms with van der Waals surface area (Å²) in [6.07, 6.45) is 6.01. The van der Waals surface area contributed by atoms with Gasteiger partial charge in [-0.05, 0) is 42.7 Å². The zero-order valence-corrected chi connectivity index (χ0v) is 12.1. The quantitative estimate of drug-likeness (QED) is 0.905. The second-order valence-corrected chi connectivity index (χ2v) is 5.51. The van der Waals surface area contributed by atoms with Gasteiger partial charge in [-0.15, -0.1) is 0 Å². The van der Waals surface area contributed by atoms with Gasteiger partial charge in [-0.1, -0.05) is 12.1 Å². The summed E-state index contributed by atoms with van der Waals surface area (Å²) in [6, 6.07) is 12.1. The van der Waals surface area contributed by atoms with Crippen LogP contribution >= 0.6 is 0 Å². The molecule has 0 unspecified atom stereocenters. The van der Waals surface area contributed by atoms with Crippen LogP contribution in [0.5, 0.6) is 5.75 Å². The van der Waals surface area contributed by atoms with Gasteiger partial charge < -0.3 is 15.3 Å². The van der Waals surface area contributed by atoms with E-state index in [9.17, 15) is 5.11 Å². The first-order valence-electron chi connectivity index (χ1n) is 7.47. The average molecular weight is 283 g/mol. The van der Waals surface area contributed by atoms with Crippen molar-refractivity contribution in [2.45, 2.75) is 25.4 Å². The molecule has 1 saturated heterocycles. The smallest absolute Gasteiger partial charge is 0.115 e. The summed E-state index contributed by atoms with van der Waals surface area (Å²) in [6.45, 7) is 3.02. The number of piperidine rings is 1. The molecule has 0 spiro atoms. The Bertz CT molecular complexity index is 548. The Hall–Kier alpha value is -2.07. The number of hydrogen-bond acceptors (Lipinski definition) is 4. The first kappa shape index (κ1) is 13.9. The summed E-state index contributed by atoms with van der Waals surface area (Å²) in [5.41, 5.74) is 2.48. The lowest BCUT2D eigenvalue weighted by molar-refractivity contribution is 0.414. The van der Waals surface area contributed by atoms with Crippen molar-refractivity contribution in [2.75, 3.05) is 18.0 Å². The molecule has 21 heavy (non-hydrogen) atoms. The van der Waals surface area contributed by atoms with Gasteiger partial charge in [-0.3, -0.25) is 4.98 Å². The molecule has 110 valence electrons. The molecule has 0 amide bonds. The normalized spacial score (nSPS) is 16.1. The van der Waals surface area contributed by atoms with E-state index in [1.54, 1.807) is 12.1 Å². The third kappa shape index (κ3) is 3.73. The minimum Gasteiger partial charge on any atom is -0.508 e. The Labute approximate surface area is 125 Å². The molecule has 0 saturated carbocycles. The van der Waals surface area contributed by atoms with Gasteiger partial charge in [0, 0.05) is 43.8 Å². The van der Waals surface area contributed by atoms with Gasteiger partial charge >= 0.3 is 0 Å². The first-order valence-corrected chi connectivity index (χ1v) is 7.47. The number of phenolic OH excluding ortho intramolecular Hbond substituents is 1. The number of nitrogens with one attached hydrogen (secondary N) is 1. The Morgan fingerprint density at radius 2 is 1.71 bits per heavy atom. The largest absolute Gasteiger partial charge is 0.508 e. The molecule has 2 aromatic rings. The highest BCUT2D eigenvalue weighted by Crippen LogP contribution is 2.19. The zero-order valence-electron chi connectivity index (χ0n) is 12.1. The van der Waals surface area contributed by atoms with Crippen LogP contribution in [0.25, 0.3) is 0 Å². The van der Waals surface area contributed by atoms with Gasteiger partial charge in [-0.25, -0.2) is 0 Å². The third-order valence-corrected chi connectivity index (χ3v) is 4.05. The van der Waals surface area contributed by atoms with Crippen molar-refractivity contribution < 1.29 is 5.11 Å². The van der Waals surface area contributed by atoms with Crippen molar-refractivity contribution >= 4 is 5.69 Å². The third-order valence-electron chi connectivity index (χ3n) is 4.05. The Morgan fingerprint density at radius 1 is 1.05 bits per heavy atom. The van der Waals surface area contributed by atoms with E-state index in [4.69, 9.17) is 0 Å². The SMILES string of the molecule is Oc1ccc(CNC2CCN(c3ccncc3)CC2)cc1. The fourth-order valence-corrected chi connectivity index (χ4v) is 2.77. The van der Waals surface area contributed by atoms with Crippen LogP contribution in [0, 0.1) is 0 Å². The number of hydrogen-bond donors (Lipinski definition) is 2. The van der Waals surface area contributed by atoms with Gasteiger partial charge in [0.15, 0.2) is 0 Å². The minimum atomic E-state index is 0.324. The van der Waals surface area contributed by atoms with E-state index in [2.05, 4.69) is 27.3 Å². The number of aromatic nitrogens is 1. The maximum Gasteiger partial charge on any atom is 0.115 e. The van der Waals surface area contributed by atoms with Crippen LogP contribution in [0.4, 0.5) is 5.69 Å². The molecular weight excluding hydrogens is 262 g/mol. The molecule has 2 heterocycles. The molecule has 4 heteroatoms. The molecule has 1 aromatic heterocycles. The molecule has 4 nitrogen and oxygen atoms in total. The fourth-order valence-electron chi connectivity index (χ4n) is 2.77. The van der Waals surface area contributed by atoms with Crippen LogP contribution in [0.3, 0.4) is 0 Å². The zero-order chi connectivity index (χ0) is 14.5. The molecule has 1 aromatic carbocycles. The van der Waals surface area contributed by atoms with Crippen LogP contribution < -0.4 is 10.2 Å². The summed E-state index contributed by atoms with van der Waals surface area (Å²) in [7, 11) is 0. The van der Waals surface area contributed by atoms with E-state index in [0.717, 1.165) is 32.5 Å². The number of nitrogens with zero attached hydrogens (tertiary/aromatic N) is 2. The number of pyridine rings is 1. The Balaban J connectivity index is 1.47. The van der Waals surface area contributed by atoms with E-state index in [1.165, 1.54) is 11.3 Å². The summed E-state index contributed by atoms with van der Waals surface area (Å²) in [4.78, 5) is 6.48. The molecule has 3 rings (SSSR count). The summed E-state index contributed by atoms with van der Waals surface area (Å²) >= 11 is 0. The second-order valence-electron chi connectivity index (χ2n) is 5.51. The van der Waals surface area contributed by atoms with Gasteiger partial charge in [0.05, 0.1) is 0 Å². The number of phenols is 1. The molecule has 0 aliphatic carbocycles. The van der Waals surface area contributed by atoms with E-state index in [-0.39, 0.29) is 0 Å². The van der Waals surface area contributed by atoms with Crippen molar-refractivity contribution in [3.05, 3.63) is 54.4 Å². The van der Waals surface area contributed by atoms with Crippen LogP contribution in [0.2, 0.25) is 0 Å². The molecule has 0 atom stereocenters. The van der Waals surface area contributed by atoms with E-state index in [0.29, 0.717) is 11.8 Å². The van der Waals surface area contributed by atoms with E-state index >= 15 is 0 Å². The van der Waals surface area contributed by atoms with Crippen LogP contribution in [-0.2, 0) is 6.54 Å². The van der Waals surface area contributed by atoms with Crippen LogP contribution in [0.1, 0.15) is 18.4 Å². The molecule has 1 fully saturated rings. The standard InChI is InChI=1S/C17H21N3O/c21-17-3-1-14(2-4-17)13-19-15-7-11-20(12-8-15)16-5-9-18-10-6-16/h1-6,9-10,15,19,21H,7-8,11-13H2. The summed E-state index contributed by atoms with van der Waals surface area (Å²) < 4.78 is 0. The average Bonchev–Trinajstić information content (AvgIpc) is 2.56. The predicted octanol–water partition coefficient (Wildman–Crippen LogP) is 2.55. The van der Waals surface area contributed by atoms with Crippen LogP contribution in [-0.4, -0.2) is 29.2 Å². The van der Waals surface area contributed by atoms with Crippen molar-refractivity contribution in [3.63, 3.8) is 0 Å². The molecule has 0 bridgehead atoms. The second kappa shape index (κ2) is 6.59. The van der Waals surface area contributed by atoms with E-state index < -0.39 is 0 Å². The molecule has 2 N–H and O–H groups in total. The summed E-state index contributed by atoms with van der Waals surface area (Å²) in [5.74, 6) is 0.324. The van der Waals surface area contributed by atoms with Crippen molar-refractivity contribution in [2.24, 2.45) is 0 Å². The number of aromatic hydroxyl groups is 1. The lowest BCUT2D eigenvalue weighted by Crippen LogP contribution is -2.42. The number of anilines is 1. The van der Waals surface area contributed by atoms with E-state index in [1.807, 2.05) is 24.5 Å². The van der Waals surface area contributed by atoms with Crippen molar-refractivity contribution in [1.29, 1.82) is 0 Å². The Morgan fingerprint density at radius 3 is 2.38 bits per heavy atom. The topological polar surface area (TPSA) is 48.4 Å². The summed E-state index contributed by atoms with van der Waals surface area (Å²) in [5, 5.41) is 12.9. The van der Waals surface area contributed by atoms with Gasteiger partial charge in [0.25, 0.3) is 0 Å². The maximum absolute atomic E-state index is 9.28. The predicted molar refractivity (Wildman–Crippen MR) is 84.4 cm³/mol. The van der Waals surface area contributed by atoms with Gasteiger partial charge in [0.1, 0.15) is 5.75 Å². The number of rotatable bonds is 4. The fraction of sp³-hybridized carbons (Fsp3) is 0.353. The molecule has 1 aliphatic rings. The molecular formula is C17H21N3O. The first-order chi connectivity index (χ1) is 10.3. The van der Waals surface area contributed by atoms with Gasteiger partial charge in [0.2, 0.25) is 0 Å². The molecule has 1 aliphatic heterocycles. The lowest BCUT2D eigenvalue weighted by atomic mass is 10.0. The van der Waals surface area contributed by atoms with Crippen LogP contribution in [0.15, 0.2) is 48.8 Å².